The molecule has 3 N–H and O–H groups in total. The van der Waals surface area contributed by atoms with E-state index in [2.05, 4.69) is 11.9 Å². The van der Waals surface area contributed by atoms with Crippen molar-refractivity contribution in [3.05, 3.63) is 12.7 Å². The standard InChI is InChI=1S/C10H20N2O/c1-5-8(7-10(3,4)11)12-9(13)6-2/h6,8H,2,5,7,11H2,1,3-4H3,(H,12,13). The summed E-state index contributed by atoms with van der Waals surface area (Å²) < 4.78 is 0. The maximum absolute atomic E-state index is 11.0. The number of carbonyl (C=O) groups is 1. The van der Waals surface area contributed by atoms with Crippen LogP contribution < -0.4 is 11.1 Å². The number of rotatable bonds is 5. The second kappa shape index (κ2) is 5.02. The van der Waals surface area contributed by atoms with Crippen molar-refractivity contribution in [1.29, 1.82) is 0 Å². The SMILES string of the molecule is C=CC(=O)NC(CC)CC(C)(C)N. The summed E-state index contributed by atoms with van der Waals surface area (Å²) in [6.45, 7) is 9.34. The van der Waals surface area contributed by atoms with Gasteiger partial charge in [-0.1, -0.05) is 13.5 Å². The number of nitrogens with two attached hydrogens (primary N) is 1. The maximum atomic E-state index is 11.0. The zero-order valence-corrected chi connectivity index (χ0v) is 8.76. The third-order valence-electron chi connectivity index (χ3n) is 1.80. The van der Waals surface area contributed by atoms with Crippen LogP contribution in [0.5, 0.6) is 0 Å². The third kappa shape index (κ3) is 6.34. The largest absolute Gasteiger partial charge is 0.350 e. The molecule has 0 aromatic carbocycles. The van der Waals surface area contributed by atoms with E-state index in [0.29, 0.717) is 0 Å². The molecule has 1 atom stereocenters. The predicted octanol–water partition coefficient (Wildman–Crippen LogP) is 1.19. The average Bonchev–Trinajstić information content (AvgIpc) is 2.00. The van der Waals surface area contributed by atoms with Crippen LogP contribution in [-0.4, -0.2) is 17.5 Å². The van der Waals surface area contributed by atoms with E-state index < -0.39 is 0 Å². The number of hydrogen-bond acceptors (Lipinski definition) is 2. The second-order valence-electron chi connectivity index (χ2n) is 4.01. The minimum absolute atomic E-state index is 0.129. The van der Waals surface area contributed by atoms with Gasteiger partial charge < -0.3 is 11.1 Å². The van der Waals surface area contributed by atoms with E-state index in [9.17, 15) is 4.79 Å². The van der Waals surface area contributed by atoms with Gasteiger partial charge in [-0.25, -0.2) is 0 Å². The topological polar surface area (TPSA) is 55.1 Å². The molecule has 1 amide bonds. The molecule has 13 heavy (non-hydrogen) atoms. The zero-order chi connectivity index (χ0) is 10.5. The highest BCUT2D eigenvalue weighted by molar-refractivity contribution is 5.87. The Kier molecular flexibility index (Phi) is 4.70. The van der Waals surface area contributed by atoms with Gasteiger partial charge in [0.15, 0.2) is 0 Å². The molecule has 0 aromatic rings. The van der Waals surface area contributed by atoms with Crippen LogP contribution in [0, 0.1) is 0 Å². The first-order valence-corrected chi connectivity index (χ1v) is 4.61. The van der Waals surface area contributed by atoms with Gasteiger partial charge in [0.25, 0.3) is 0 Å². The van der Waals surface area contributed by atoms with Gasteiger partial charge in [0.05, 0.1) is 0 Å². The minimum Gasteiger partial charge on any atom is -0.350 e. The lowest BCUT2D eigenvalue weighted by molar-refractivity contribution is -0.117. The highest BCUT2D eigenvalue weighted by atomic mass is 16.1. The summed E-state index contributed by atoms with van der Waals surface area (Å²) in [5.41, 5.74) is 5.61. The van der Waals surface area contributed by atoms with Crippen LogP contribution in [0.2, 0.25) is 0 Å². The van der Waals surface area contributed by atoms with E-state index >= 15 is 0 Å². The van der Waals surface area contributed by atoms with E-state index in [0.717, 1.165) is 12.8 Å². The van der Waals surface area contributed by atoms with E-state index in [-0.39, 0.29) is 17.5 Å². The Balaban J connectivity index is 4.04. The first-order chi connectivity index (χ1) is 5.89. The number of carbonyl (C=O) groups excluding carboxylic acids is 1. The summed E-state index contributed by atoms with van der Waals surface area (Å²) in [4.78, 5) is 11.0. The average molecular weight is 184 g/mol. The number of amides is 1. The maximum Gasteiger partial charge on any atom is 0.243 e. The minimum atomic E-state index is -0.241. The molecule has 3 nitrogen and oxygen atoms in total. The van der Waals surface area contributed by atoms with Gasteiger partial charge in [-0.15, -0.1) is 0 Å². The van der Waals surface area contributed by atoms with Gasteiger partial charge in [-0.05, 0) is 32.8 Å². The first kappa shape index (κ1) is 12.2. The molecule has 0 aliphatic carbocycles. The van der Waals surface area contributed by atoms with Crippen molar-refractivity contribution in [2.45, 2.75) is 45.2 Å². The summed E-state index contributed by atoms with van der Waals surface area (Å²) in [6, 6.07) is 0.144. The summed E-state index contributed by atoms with van der Waals surface area (Å²) >= 11 is 0. The van der Waals surface area contributed by atoms with E-state index in [1.165, 1.54) is 6.08 Å². The van der Waals surface area contributed by atoms with Gasteiger partial charge in [-0.3, -0.25) is 4.79 Å². The van der Waals surface area contributed by atoms with Crippen LogP contribution in [0.15, 0.2) is 12.7 Å². The Hall–Kier alpha value is -0.830. The summed E-state index contributed by atoms with van der Waals surface area (Å²) in [7, 11) is 0. The van der Waals surface area contributed by atoms with Crippen molar-refractivity contribution in [1.82, 2.24) is 5.32 Å². The molecule has 0 aromatic heterocycles. The van der Waals surface area contributed by atoms with Gasteiger partial charge >= 0.3 is 0 Å². The monoisotopic (exact) mass is 184 g/mol. The fraction of sp³-hybridized carbons (Fsp3) is 0.700. The van der Waals surface area contributed by atoms with E-state index in [1.54, 1.807) is 0 Å². The molecule has 0 aliphatic rings. The van der Waals surface area contributed by atoms with Gasteiger partial charge in [0.1, 0.15) is 0 Å². The predicted molar refractivity (Wildman–Crippen MR) is 55.3 cm³/mol. The number of nitrogens with one attached hydrogen (secondary N) is 1. The normalized spacial score (nSPS) is 13.5. The summed E-state index contributed by atoms with van der Waals surface area (Å²) in [5, 5.41) is 2.84. The van der Waals surface area contributed by atoms with Gasteiger partial charge in [0.2, 0.25) is 5.91 Å². The Morgan fingerprint density at radius 1 is 1.69 bits per heavy atom. The molecule has 0 fully saturated rings. The van der Waals surface area contributed by atoms with Crippen LogP contribution in [0.3, 0.4) is 0 Å². The summed E-state index contributed by atoms with van der Waals surface area (Å²) in [5.74, 6) is -0.129. The molecular weight excluding hydrogens is 164 g/mol. The molecule has 0 bridgehead atoms. The molecule has 0 heterocycles. The molecule has 0 spiro atoms. The van der Waals surface area contributed by atoms with Crippen molar-refractivity contribution < 1.29 is 4.79 Å². The molecular formula is C10H20N2O. The lowest BCUT2D eigenvalue weighted by Gasteiger charge is -2.25. The Morgan fingerprint density at radius 3 is 2.54 bits per heavy atom. The highest BCUT2D eigenvalue weighted by Gasteiger charge is 2.18. The molecule has 3 heteroatoms. The first-order valence-electron chi connectivity index (χ1n) is 4.61. The number of hydrogen-bond donors (Lipinski definition) is 2. The van der Waals surface area contributed by atoms with E-state index in [4.69, 9.17) is 5.73 Å². The van der Waals surface area contributed by atoms with Crippen LogP contribution in [-0.2, 0) is 4.79 Å². The van der Waals surface area contributed by atoms with Gasteiger partial charge in [0, 0.05) is 11.6 Å². The summed E-state index contributed by atoms with van der Waals surface area (Å²) in [6.07, 6.45) is 2.95. The smallest absolute Gasteiger partial charge is 0.243 e. The van der Waals surface area contributed by atoms with Crippen molar-refractivity contribution in [3.8, 4) is 0 Å². The van der Waals surface area contributed by atoms with Crippen molar-refractivity contribution in [2.75, 3.05) is 0 Å². The van der Waals surface area contributed by atoms with Crippen molar-refractivity contribution in [2.24, 2.45) is 5.73 Å². The molecule has 1 unspecified atom stereocenters. The fourth-order valence-corrected chi connectivity index (χ4v) is 1.19. The molecule has 0 saturated heterocycles. The van der Waals surface area contributed by atoms with Crippen LogP contribution >= 0.6 is 0 Å². The molecule has 0 rings (SSSR count). The molecule has 76 valence electrons. The van der Waals surface area contributed by atoms with Gasteiger partial charge in [-0.2, -0.15) is 0 Å². The molecule has 0 aliphatic heterocycles. The van der Waals surface area contributed by atoms with Crippen molar-refractivity contribution in [3.63, 3.8) is 0 Å². The Morgan fingerprint density at radius 2 is 2.23 bits per heavy atom. The second-order valence-corrected chi connectivity index (χ2v) is 4.01. The Bertz CT molecular complexity index is 182. The van der Waals surface area contributed by atoms with Crippen LogP contribution in [0.1, 0.15) is 33.6 Å². The van der Waals surface area contributed by atoms with Crippen LogP contribution in [0.25, 0.3) is 0 Å². The Labute approximate surface area is 80.4 Å². The lowest BCUT2D eigenvalue weighted by atomic mass is 9.95. The molecule has 0 saturated carbocycles. The lowest BCUT2D eigenvalue weighted by Crippen LogP contribution is -2.43. The van der Waals surface area contributed by atoms with Crippen LogP contribution in [0.4, 0.5) is 0 Å². The van der Waals surface area contributed by atoms with E-state index in [1.807, 2.05) is 20.8 Å². The highest BCUT2D eigenvalue weighted by Crippen LogP contribution is 2.09. The zero-order valence-electron chi connectivity index (χ0n) is 8.76. The quantitative estimate of drug-likeness (QED) is 0.631. The molecule has 0 radical (unpaired) electrons. The third-order valence-corrected chi connectivity index (χ3v) is 1.80. The van der Waals surface area contributed by atoms with Crippen molar-refractivity contribution >= 4 is 5.91 Å². The fourth-order valence-electron chi connectivity index (χ4n) is 1.19.